The Kier molecular flexibility index (Phi) is 8.24. The number of piperidine rings is 1. The number of pyridine rings is 1. The van der Waals surface area contributed by atoms with Crippen LogP contribution < -0.4 is 16.0 Å². The summed E-state index contributed by atoms with van der Waals surface area (Å²) in [7, 11) is 0. The zero-order valence-corrected chi connectivity index (χ0v) is 24.3. The summed E-state index contributed by atoms with van der Waals surface area (Å²) < 4.78 is 13.6. The molecule has 1 saturated heterocycles. The van der Waals surface area contributed by atoms with Gasteiger partial charge < -0.3 is 20.9 Å². The molecule has 0 bridgehead atoms. The number of aromatic nitrogens is 3. The number of carbonyl (C=O) groups is 1. The van der Waals surface area contributed by atoms with Crippen molar-refractivity contribution in [3.8, 4) is 0 Å². The van der Waals surface area contributed by atoms with E-state index >= 15 is 0 Å². The Labute approximate surface area is 250 Å². The molecule has 218 valence electrons. The van der Waals surface area contributed by atoms with Crippen LogP contribution in [0.4, 0.5) is 27.5 Å². The average Bonchev–Trinajstić information content (AvgIpc) is 3.02. The fraction of sp³-hybridized carbons (Fsp3) is 0.235. The van der Waals surface area contributed by atoms with Crippen molar-refractivity contribution in [3.63, 3.8) is 0 Å². The number of benzene rings is 3. The van der Waals surface area contributed by atoms with Gasteiger partial charge in [-0.25, -0.2) is 9.37 Å². The molecule has 3 N–H and O–H groups in total. The molecule has 1 aliphatic heterocycles. The number of halogens is 1. The van der Waals surface area contributed by atoms with Gasteiger partial charge in [0.1, 0.15) is 11.6 Å². The Bertz CT molecular complexity index is 1750. The Balaban J connectivity index is 1.00. The number of rotatable bonds is 8. The normalized spacial score (nSPS) is 13.7. The zero-order valence-electron chi connectivity index (χ0n) is 24.3. The number of amides is 1. The molecule has 0 unspecified atom stereocenters. The molecule has 6 rings (SSSR count). The molecule has 2 aromatic heterocycles. The third-order valence-corrected chi connectivity index (χ3v) is 7.80. The summed E-state index contributed by atoms with van der Waals surface area (Å²) >= 11 is 0. The van der Waals surface area contributed by atoms with Crippen LogP contribution in [0.15, 0.2) is 85.1 Å². The first kappa shape index (κ1) is 28.2. The van der Waals surface area contributed by atoms with E-state index in [2.05, 4.69) is 61.2 Å². The van der Waals surface area contributed by atoms with Crippen LogP contribution in [0, 0.1) is 19.7 Å². The molecule has 9 heteroatoms. The van der Waals surface area contributed by atoms with Crippen LogP contribution in [0.5, 0.6) is 0 Å². The summed E-state index contributed by atoms with van der Waals surface area (Å²) in [5.41, 5.74) is 6.00. The Hall–Kier alpha value is -4.89. The minimum Gasteiger partial charge on any atom is -0.340 e. The molecule has 0 saturated carbocycles. The molecule has 8 nitrogen and oxygen atoms in total. The van der Waals surface area contributed by atoms with E-state index in [1.807, 2.05) is 36.1 Å². The van der Waals surface area contributed by atoms with Crippen LogP contribution in [-0.2, 0) is 6.54 Å². The van der Waals surface area contributed by atoms with Gasteiger partial charge in [-0.05, 0) is 98.5 Å². The quantitative estimate of drug-likeness (QED) is 0.190. The van der Waals surface area contributed by atoms with Gasteiger partial charge in [-0.2, -0.15) is 4.98 Å². The maximum absolute atomic E-state index is 13.6. The van der Waals surface area contributed by atoms with Gasteiger partial charge in [0.2, 0.25) is 5.95 Å². The number of carbonyl (C=O) groups excluding carboxylic acids is 1. The van der Waals surface area contributed by atoms with Crippen LogP contribution in [0.2, 0.25) is 0 Å². The molecule has 3 heterocycles. The lowest BCUT2D eigenvalue weighted by atomic mass is 10.0. The van der Waals surface area contributed by atoms with E-state index in [9.17, 15) is 9.18 Å². The maximum atomic E-state index is 13.6. The smallest absolute Gasteiger partial charge is 0.253 e. The van der Waals surface area contributed by atoms with E-state index in [0.29, 0.717) is 42.0 Å². The largest absolute Gasteiger partial charge is 0.340 e. The Morgan fingerprint density at radius 3 is 2.49 bits per heavy atom. The first-order valence-corrected chi connectivity index (χ1v) is 14.5. The van der Waals surface area contributed by atoms with Crippen molar-refractivity contribution in [2.75, 3.05) is 23.7 Å². The first-order valence-electron chi connectivity index (χ1n) is 14.5. The number of anilines is 4. The Morgan fingerprint density at radius 2 is 1.70 bits per heavy atom. The van der Waals surface area contributed by atoms with Crippen LogP contribution in [0.1, 0.15) is 40.0 Å². The van der Waals surface area contributed by atoms with Gasteiger partial charge in [-0.3, -0.25) is 9.78 Å². The molecule has 5 aromatic rings. The summed E-state index contributed by atoms with van der Waals surface area (Å²) in [5, 5.41) is 11.2. The molecule has 0 spiro atoms. The van der Waals surface area contributed by atoms with Crippen molar-refractivity contribution < 1.29 is 9.18 Å². The van der Waals surface area contributed by atoms with Gasteiger partial charge in [0.25, 0.3) is 5.91 Å². The SMILES string of the molecule is Cc1ccc2c(CNC3CCN(C(=O)c4ccc(Nc5nccc(Nc6ccc(F)c(C)c6)n5)cc4)CC3)cccc2n1. The first-order chi connectivity index (χ1) is 20.9. The number of hydrogen-bond donors (Lipinski definition) is 3. The molecule has 0 radical (unpaired) electrons. The van der Waals surface area contributed by atoms with Crippen molar-refractivity contribution in [2.45, 2.75) is 39.3 Å². The topological polar surface area (TPSA) is 95.1 Å². The molecule has 1 amide bonds. The summed E-state index contributed by atoms with van der Waals surface area (Å²) in [5.74, 6) is 0.780. The number of hydrogen-bond acceptors (Lipinski definition) is 7. The summed E-state index contributed by atoms with van der Waals surface area (Å²) in [6.07, 6.45) is 3.46. The van der Waals surface area contributed by atoms with Crippen molar-refractivity contribution in [1.82, 2.24) is 25.2 Å². The van der Waals surface area contributed by atoms with Crippen molar-refractivity contribution in [3.05, 3.63) is 113 Å². The molecule has 0 aliphatic carbocycles. The molecule has 1 aliphatic rings. The lowest BCUT2D eigenvalue weighted by molar-refractivity contribution is 0.0705. The molecule has 0 atom stereocenters. The van der Waals surface area contributed by atoms with Crippen LogP contribution in [0.25, 0.3) is 10.9 Å². The van der Waals surface area contributed by atoms with E-state index in [-0.39, 0.29) is 11.7 Å². The number of fused-ring (bicyclic) bond motifs is 1. The molecule has 43 heavy (non-hydrogen) atoms. The minimum atomic E-state index is -0.250. The lowest BCUT2D eigenvalue weighted by Gasteiger charge is -2.32. The van der Waals surface area contributed by atoms with Crippen LogP contribution in [0.3, 0.4) is 0 Å². The van der Waals surface area contributed by atoms with Gasteiger partial charge in [-0.15, -0.1) is 0 Å². The highest BCUT2D eigenvalue weighted by molar-refractivity contribution is 5.94. The predicted molar refractivity (Wildman–Crippen MR) is 168 cm³/mol. The summed E-state index contributed by atoms with van der Waals surface area (Å²) in [6.45, 7) is 5.94. The fourth-order valence-electron chi connectivity index (χ4n) is 5.38. The second-order valence-electron chi connectivity index (χ2n) is 10.9. The third kappa shape index (κ3) is 6.79. The van der Waals surface area contributed by atoms with Crippen molar-refractivity contribution >= 4 is 40.0 Å². The predicted octanol–water partition coefficient (Wildman–Crippen LogP) is 6.66. The maximum Gasteiger partial charge on any atom is 0.253 e. The van der Waals surface area contributed by atoms with Gasteiger partial charge in [0.15, 0.2) is 0 Å². The fourth-order valence-corrected chi connectivity index (χ4v) is 5.38. The van der Waals surface area contributed by atoms with Crippen molar-refractivity contribution in [2.24, 2.45) is 0 Å². The monoisotopic (exact) mass is 575 g/mol. The number of nitrogens with one attached hydrogen (secondary N) is 3. The van der Waals surface area contributed by atoms with Crippen molar-refractivity contribution in [1.29, 1.82) is 0 Å². The van der Waals surface area contributed by atoms with Gasteiger partial charge in [0, 0.05) is 59.9 Å². The number of likely N-dealkylation sites (tertiary alicyclic amines) is 1. The highest BCUT2D eigenvalue weighted by Crippen LogP contribution is 2.22. The van der Waals surface area contributed by atoms with Crippen LogP contribution in [-0.4, -0.2) is 44.9 Å². The van der Waals surface area contributed by atoms with E-state index < -0.39 is 0 Å². The highest BCUT2D eigenvalue weighted by atomic mass is 19.1. The van der Waals surface area contributed by atoms with Gasteiger partial charge in [0.05, 0.1) is 5.52 Å². The zero-order chi connectivity index (χ0) is 29.8. The lowest BCUT2D eigenvalue weighted by Crippen LogP contribution is -2.44. The molecule has 1 fully saturated rings. The number of aryl methyl sites for hydroxylation is 2. The average molecular weight is 576 g/mol. The summed E-state index contributed by atoms with van der Waals surface area (Å²) in [4.78, 5) is 28.6. The van der Waals surface area contributed by atoms with E-state index in [1.165, 1.54) is 17.0 Å². The molecule has 3 aromatic carbocycles. The second kappa shape index (κ2) is 12.5. The second-order valence-corrected chi connectivity index (χ2v) is 10.9. The van der Waals surface area contributed by atoms with E-state index in [1.54, 1.807) is 31.3 Å². The van der Waals surface area contributed by atoms with Crippen LogP contribution >= 0.6 is 0 Å². The van der Waals surface area contributed by atoms with E-state index in [0.717, 1.165) is 42.0 Å². The van der Waals surface area contributed by atoms with Gasteiger partial charge >= 0.3 is 0 Å². The van der Waals surface area contributed by atoms with Gasteiger partial charge in [-0.1, -0.05) is 18.2 Å². The van der Waals surface area contributed by atoms with E-state index in [4.69, 9.17) is 0 Å². The molecular weight excluding hydrogens is 541 g/mol. The number of nitrogens with zero attached hydrogens (tertiary/aromatic N) is 4. The Morgan fingerprint density at radius 1 is 0.907 bits per heavy atom. The molecular formula is C34H34FN7O. The summed E-state index contributed by atoms with van der Waals surface area (Å²) in [6, 6.07) is 24.8. The third-order valence-electron chi connectivity index (χ3n) is 7.80. The standard InChI is InChI=1S/C34H34FN7O/c1-22-20-28(11-13-30(22)35)39-32-14-17-36-34(41-32)40-27-9-7-24(8-10-27)33(43)42-18-15-26(16-19-42)37-21-25-4-3-5-31-29(25)12-6-23(2)38-31/h3-14,17,20,26,37H,15-16,18-19,21H2,1-2H3,(H2,36,39,40,41). The highest BCUT2D eigenvalue weighted by Gasteiger charge is 2.23. The minimum absolute atomic E-state index is 0.0394.